The zero-order valence-corrected chi connectivity index (χ0v) is 25.4. The molecule has 0 spiro atoms. The zero-order valence-electron chi connectivity index (χ0n) is 24.6. The fourth-order valence-electron chi connectivity index (χ4n) is 4.40. The highest BCUT2D eigenvalue weighted by atomic mass is 32.2. The molecule has 1 N–H and O–H groups in total. The Bertz CT molecular complexity index is 1010. The van der Waals surface area contributed by atoms with Crippen LogP contribution >= 0.6 is 0 Å². The second-order valence-corrected chi connectivity index (χ2v) is 11.6. The lowest BCUT2D eigenvalue weighted by atomic mass is 10.1. The van der Waals surface area contributed by atoms with Crippen molar-refractivity contribution in [2.75, 3.05) is 0 Å². The van der Waals surface area contributed by atoms with Gasteiger partial charge in [-0.1, -0.05) is 110 Å². The van der Waals surface area contributed by atoms with Crippen molar-refractivity contribution < 1.29 is 32.0 Å². The van der Waals surface area contributed by atoms with Crippen LogP contribution in [0.1, 0.15) is 150 Å². The van der Waals surface area contributed by atoms with E-state index in [4.69, 9.17) is 9.47 Å². The topological polar surface area (TPSA) is 107 Å². The molecule has 1 aromatic carbocycles. The lowest BCUT2D eigenvalue weighted by Gasteiger charge is -2.10. The van der Waals surface area contributed by atoms with Gasteiger partial charge in [-0.2, -0.15) is 8.42 Å². The number of ether oxygens (including phenoxy) is 2. The first-order valence-electron chi connectivity index (χ1n) is 15.1. The monoisotopic (exact) mass is 578 g/mol. The van der Waals surface area contributed by atoms with Gasteiger partial charge in [0, 0.05) is 0 Å². The molecule has 7 nitrogen and oxygen atoms in total. The summed E-state index contributed by atoms with van der Waals surface area (Å²) in [4.78, 5) is 24.8. The molecule has 0 amide bonds. The second-order valence-electron chi connectivity index (χ2n) is 10.2. The number of allylic oxidation sites excluding steroid dienone is 2. The van der Waals surface area contributed by atoms with E-state index in [0.717, 1.165) is 44.6 Å². The summed E-state index contributed by atoms with van der Waals surface area (Å²) >= 11 is 0. The van der Waals surface area contributed by atoms with Crippen LogP contribution in [0.2, 0.25) is 0 Å². The van der Waals surface area contributed by atoms with Gasteiger partial charge in [0.25, 0.3) is 10.1 Å². The van der Waals surface area contributed by atoms with Crippen LogP contribution in [0.15, 0.2) is 47.8 Å². The van der Waals surface area contributed by atoms with Gasteiger partial charge >= 0.3 is 11.9 Å². The van der Waals surface area contributed by atoms with Crippen molar-refractivity contribution in [2.24, 2.45) is 0 Å². The maximum atomic E-state index is 12.8. The number of unbranched alkanes of at least 4 members (excludes halogenated alkanes) is 16. The van der Waals surface area contributed by atoms with Crippen LogP contribution in [-0.4, -0.2) is 24.9 Å². The lowest BCUT2D eigenvalue weighted by molar-refractivity contribution is 0.0614. The van der Waals surface area contributed by atoms with Crippen molar-refractivity contribution >= 4 is 22.1 Å². The van der Waals surface area contributed by atoms with Gasteiger partial charge in [0.15, 0.2) is 0 Å². The fraction of sp³-hybridized carbons (Fsp3) is 0.625. The SMILES string of the molecule is CCCCCCCCCC/C=C/OC(=O)c1cccc(S(=O)(=O)O)c1C(=O)O/C=C/CCCCCCCCCC. The summed E-state index contributed by atoms with van der Waals surface area (Å²) in [5.74, 6) is -1.97. The van der Waals surface area contributed by atoms with Crippen LogP contribution in [0, 0.1) is 0 Å². The molecule has 8 heteroatoms. The molecule has 226 valence electrons. The molecule has 40 heavy (non-hydrogen) atoms. The minimum atomic E-state index is -4.79. The molecule has 0 unspecified atom stereocenters. The summed E-state index contributed by atoms with van der Waals surface area (Å²) in [7, 11) is -4.79. The summed E-state index contributed by atoms with van der Waals surface area (Å²) in [6.45, 7) is 4.40. The highest BCUT2D eigenvalue weighted by Gasteiger charge is 2.28. The van der Waals surface area contributed by atoms with Crippen LogP contribution < -0.4 is 0 Å². The van der Waals surface area contributed by atoms with Crippen molar-refractivity contribution in [3.05, 3.63) is 54.0 Å². The van der Waals surface area contributed by atoms with Gasteiger partial charge in [-0.05, 0) is 50.0 Å². The molecule has 0 fully saturated rings. The minimum Gasteiger partial charge on any atom is -0.431 e. The number of carbonyl (C=O) groups excluding carboxylic acids is 2. The molecule has 0 aliphatic carbocycles. The number of hydrogen-bond acceptors (Lipinski definition) is 6. The molecule has 0 atom stereocenters. The average Bonchev–Trinajstić information content (AvgIpc) is 2.93. The third-order valence-corrected chi connectivity index (χ3v) is 7.62. The molecule has 1 aromatic rings. The lowest BCUT2D eigenvalue weighted by Crippen LogP contribution is -2.16. The molecular formula is C32H50O7S. The third kappa shape index (κ3) is 16.0. The summed E-state index contributed by atoms with van der Waals surface area (Å²) in [6, 6.07) is 3.58. The van der Waals surface area contributed by atoms with E-state index in [-0.39, 0.29) is 5.56 Å². The first-order chi connectivity index (χ1) is 19.3. The highest BCUT2D eigenvalue weighted by Crippen LogP contribution is 2.22. The first kappa shape index (κ1) is 35.6. The van der Waals surface area contributed by atoms with E-state index in [1.807, 2.05) is 0 Å². The zero-order chi connectivity index (χ0) is 29.5. The van der Waals surface area contributed by atoms with Gasteiger partial charge in [0.1, 0.15) is 4.90 Å². The Morgan fingerprint density at radius 2 is 1.10 bits per heavy atom. The number of rotatable bonds is 23. The van der Waals surface area contributed by atoms with E-state index in [0.29, 0.717) is 6.42 Å². The largest absolute Gasteiger partial charge is 0.431 e. The van der Waals surface area contributed by atoms with Crippen LogP contribution in [0.3, 0.4) is 0 Å². The Morgan fingerprint density at radius 3 is 1.55 bits per heavy atom. The van der Waals surface area contributed by atoms with Crippen molar-refractivity contribution in [3.8, 4) is 0 Å². The molecule has 0 saturated carbocycles. The summed E-state index contributed by atoms with van der Waals surface area (Å²) in [5.41, 5.74) is -0.850. The van der Waals surface area contributed by atoms with Crippen LogP contribution in [0.5, 0.6) is 0 Å². The molecule has 0 aromatic heterocycles. The van der Waals surface area contributed by atoms with E-state index in [9.17, 15) is 22.6 Å². The van der Waals surface area contributed by atoms with Crippen LogP contribution in [0.25, 0.3) is 0 Å². The van der Waals surface area contributed by atoms with Crippen molar-refractivity contribution in [1.82, 2.24) is 0 Å². The number of carbonyl (C=O) groups is 2. The smallest absolute Gasteiger partial charge is 0.345 e. The Kier molecular flexibility index (Phi) is 19.8. The van der Waals surface area contributed by atoms with Gasteiger partial charge < -0.3 is 9.47 Å². The summed E-state index contributed by atoms with van der Waals surface area (Å²) < 4.78 is 43.7. The van der Waals surface area contributed by atoms with E-state index in [1.165, 1.54) is 95.3 Å². The predicted octanol–water partition coefficient (Wildman–Crippen LogP) is 9.34. The van der Waals surface area contributed by atoms with Crippen molar-refractivity contribution in [1.29, 1.82) is 0 Å². The van der Waals surface area contributed by atoms with E-state index in [2.05, 4.69) is 13.8 Å². The Labute approximate surface area is 242 Å². The minimum absolute atomic E-state index is 0.298. The quantitative estimate of drug-likeness (QED) is 0.0596. The Hall–Kier alpha value is -2.45. The standard InChI is InChI=1S/C32H50O7S/c1-3-5-7-9-11-13-15-17-19-21-26-38-31(33)28-24-23-25-29(40(35,36)37)30(28)32(34)39-27-22-20-18-16-14-12-10-8-6-4-2/h21-27H,3-20H2,1-2H3,(H,35,36,37)/b26-21+,27-22+. The molecule has 0 radical (unpaired) electrons. The summed E-state index contributed by atoms with van der Waals surface area (Å²) in [5, 5.41) is 0. The molecule has 0 bridgehead atoms. The maximum absolute atomic E-state index is 12.8. The van der Waals surface area contributed by atoms with Gasteiger partial charge in [-0.25, -0.2) is 9.59 Å². The van der Waals surface area contributed by atoms with E-state index >= 15 is 0 Å². The molecular weight excluding hydrogens is 528 g/mol. The number of benzene rings is 1. The van der Waals surface area contributed by atoms with E-state index in [1.54, 1.807) is 12.2 Å². The predicted molar refractivity (Wildman–Crippen MR) is 160 cm³/mol. The van der Waals surface area contributed by atoms with Crippen LogP contribution in [-0.2, 0) is 19.6 Å². The average molecular weight is 579 g/mol. The van der Waals surface area contributed by atoms with Gasteiger partial charge in [0.05, 0.1) is 23.7 Å². The van der Waals surface area contributed by atoms with E-state index < -0.39 is 32.5 Å². The molecule has 1 rings (SSSR count). The third-order valence-electron chi connectivity index (χ3n) is 6.72. The fourth-order valence-corrected chi connectivity index (χ4v) is 5.10. The number of hydrogen-bond donors (Lipinski definition) is 1. The molecule has 0 aliphatic rings. The Morgan fingerprint density at radius 1 is 0.675 bits per heavy atom. The normalized spacial score (nSPS) is 11.9. The first-order valence-corrected chi connectivity index (χ1v) is 16.6. The van der Waals surface area contributed by atoms with Gasteiger partial charge in [-0.3, -0.25) is 4.55 Å². The molecule has 0 heterocycles. The van der Waals surface area contributed by atoms with Gasteiger partial charge in [-0.15, -0.1) is 0 Å². The molecule has 0 aliphatic heterocycles. The molecule has 0 saturated heterocycles. The van der Waals surface area contributed by atoms with Crippen molar-refractivity contribution in [2.45, 2.75) is 134 Å². The van der Waals surface area contributed by atoms with Gasteiger partial charge in [0.2, 0.25) is 0 Å². The summed E-state index contributed by atoms with van der Waals surface area (Å²) in [6.07, 6.45) is 26.4. The van der Waals surface area contributed by atoms with Crippen molar-refractivity contribution in [3.63, 3.8) is 0 Å². The highest BCUT2D eigenvalue weighted by molar-refractivity contribution is 7.86. The second kappa shape index (κ2) is 22.3. The van der Waals surface area contributed by atoms with Crippen LogP contribution in [0.4, 0.5) is 0 Å². The number of esters is 2. The maximum Gasteiger partial charge on any atom is 0.345 e. The Balaban J connectivity index is 2.60.